The third-order valence-electron chi connectivity index (χ3n) is 6.61. The standard InChI is InChI=1S/C23H27N5O4S2/c1-14-6-4-10-24-20(14)25-22(29)17-9-5-11-28(13-17)34(30,31)19-12-18(33-15(19)2)21-26-23(32-27-21)16-7-3-8-16/h4,6,10,12,16-17H,3,5,7-9,11,13H2,1-2H3,(H,24,25,29)/t17-/m1/s1. The summed E-state index contributed by atoms with van der Waals surface area (Å²) in [6, 6.07) is 5.31. The second kappa shape index (κ2) is 9.20. The van der Waals surface area contributed by atoms with Crippen LogP contribution in [0.1, 0.15) is 54.4 Å². The largest absolute Gasteiger partial charge is 0.339 e. The highest BCUT2D eigenvalue weighted by atomic mass is 32.2. The van der Waals surface area contributed by atoms with Crippen LogP contribution in [0.5, 0.6) is 0 Å². The number of anilines is 1. The van der Waals surface area contributed by atoms with E-state index in [2.05, 4.69) is 20.4 Å². The first-order chi connectivity index (χ1) is 16.3. The van der Waals surface area contributed by atoms with Crippen molar-refractivity contribution in [2.24, 2.45) is 5.92 Å². The van der Waals surface area contributed by atoms with Crippen LogP contribution in [0.2, 0.25) is 0 Å². The molecule has 1 saturated carbocycles. The van der Waals surface area contributed by atoms with Gasteiger partial charge in [0.25, 0.3) is 0 Å². The lowest BCUT2D eigenvalue weighted by atomic mass is 9.85. The topological polar surface area (TPSA) is 118 Å². The minimum Gasteiger partial charge on any atom is -0.339 e. The average molecular weight is 502 g/mol. The smallest absolute Gasteiger partial charge is 0.244 e. The Morgan fingerprint density at radius 1 is 1.24 bits per heavy atom. The Morgan fingerprint density at radius 2 is 2.06 bits per heavy atom. The van der Waals surface area contributed by atoms with Gasteiger partial charge in [0.1, 0.15) is 5.82 Å². The van der Waals surface area contributed by atoms with Crippen molar-refractivity contribution < 1.29 is 17.7 Å². The molecule has 1 atom stereocenters. The van der Waals surface area contributed by atoms with Gasteiger partial charge in [-0.05, 0) is 57.2 Å². The van der Waals surface area contributed by atoms with Gasteiger partial charge < -0.3 is 9.84 Å². The zero-order valence-electron chi connectivity index (χ0n) is 19.2. The molecule has 0 bridgehead atoms. The number of nitrogens with one attached hydrogen (secondary N) is 1. The van der Waals surface area contributed by atoms with Crippen LogP contribution < -0.4 is 5.32 Å². The van der Waals surface area contributed by atoms with Crippen LogP contribution in [0.4, 0.5) is 5.82 Å². The maximum Gasteiger partial charge on any atom is 0.244 e. The number of hydrogen-bond acceptors (Lipinski definition) is 8. The number of sulfonamides is 1. The summed E-state index contributed by atoms with van der Waals surface area (Å²) in [7, 11) is -3.77. The van der Waals surface area contributed by atoms with Gasteiger partial charge in [-0.25, -0.2) is 13.4 Å². The van der Waals surface area contributed by atoms with Crippen molar-refractivity contribution in [3.8, 4) is 10.7 Å². The highest BCUT2D eigenvalue weighted by Gasteiger charge is 2.35. The maximum absolute atomic E-state index is 13.5. The minimum absolute atomic E-state index is 0.138. The summed E-state index contributed by atoms with van der Waals surface area (Å²) in [5.41, 5.74) is 0.861. The van der Waals surface area contributed by atoms with Crippen molar-refractivity contribution >= 4 is 33.1 Å². The molecule has 9 nitrogen and oxygen atoms in total. The van der Waals surface area contributed by atoms with Gasteiger partial charge >= 0.3 is 0 Å². The Morgan fingerprint density at radius 3 is 2.79 bits per heavy atom. The first-order valence-corrected chi connectivity index (χ1v) is 13.8. The Bertz CT molecular complexity index is 1310. The summed E-state index contributed by atoms with van der Waals surface area (Å²) in [6.45, 7) is 4.17. The first-order valence-electron chi connectivity index (χ1n) is 11.5. The minimum atomic E-state index is -3.77. The summed E-state index contributed by atoms with van der Waals surface area (Å²) in [5, 5.41) is 6.93. The predicted octanol–water partition coefficient (Wildman–Crippen LogP) is 4.12. The van der Waals surface area contributed by atoms with E-state index in [4.69, 9.17) is 4.52 Å². The third kappa shape index (κ3) is 4.39. The zero-order valence-corrected chi connectivity index (χ0v) is 20.8. The summed E-state index contributed by atoms with van der Waals surface area (Å²) >= 11 is 1.34. The van der Waals surface area contributed by atoms with Gasteiger partial charge in [0.15, 0.2) is 0 Å². The number of pyridine rings is 1. The second-order valence-electron chi connectivity index (χ2n) is 8.98. The van der Waals surface area contributed by atoms with Crippen LogP contribution in [0.25, 0.3) is 10.7 Å². The number of piperidine rings is 1. The van der Waals surface area contributed by atoms with Crippen LogP contribution in [-0.4, -0.2) is 46.8 Å². The highest BCUT2D eigenvalue weighted by molar-refractivity contribution is 7.89. The number of amides is 1. The number of nitrogens with zero attached hydrogens (tertiary/aromatic N) is 4. The Hall–Kier alpha value is -2.63. The van der Waals surface area contributed by atoms with Gasteiger partial charge in [-0.15, -0.1) is 11.3 Å². The number of carbonyl (C=O) groups is 1. The van der Waals surface area contributed by atoms with Crippen molar-refractivity contribution in [1.82, 2.24) is 19.4 Å². The van der Waals surface area contributed by atoms with Crippen molar-refractivity contribution in [3.05, 3.63) is 40.7 Å². The SMILES string of the molecule is Cc1cccnc1NC(=O)[C@@H]1CCCN(S(=O)(=O)c2cc(-c3noc(C4CCC4)n3)sc2C)C1. The van der Waals surface area contributed by atoms with E-state index in [9.17, 15) is 13.2 Å². The van der Waals surface area contributed by atoms with Gasteiger partial charge in [0.05, 0.1) is 15.7 Å². The van der Waals surface area contributed by atoms with Crippen molar-refractivity contribution in [2.75, 3.05) is 18.4 Å². The summed E-state index contributed by atoms with van der Waals surface area (Å²) in [5.74, 6) is 1.23. The molecule has 1 saturated heterocycles. The number of rotatable bonds is 6. The monoisotopic (exact) mass is 501 g/mol. The first kappa shape index (κ1) is 23.1. The molecule has 1 amide bonds. The molecule has 1 aliphatic heterocycles. The lowest BCUT2D eigenvalue weighted by molar-refractivity contribution is -0.120. The summed E-state index contributed by atoms with van der Waals surface area (Å²) in [4.78, 5) is 23.2. The number of hydrogen-bond donors (Lipinski definition) is 1. The fourth-order valence-corrected chi connectivity index (χ4v) is 7.35. The zero-order chi connectivity index (χ0) is 23.9. The molecule has 0 spiro atoms. The number of carbonyl (C=O) groups excluding carboxylic acids is 1. The van der Waals surface area contributed by atoms with Crippen molar-refractivity contribution in [2.45, 2.75) is 56.8 Å². The van der Waals surface area contributed by atoms with Gasteiger partial charge in [0.2, 0.25) is 27.6 Å². The Kier molecular flexibility index (Phi) is 6.26. The van der Waals surface area contributed by atoms with Crippen molar-refractivity contribution in [3.63, 3.8) is 0 Å². The van der Waals surface area contributed by atoms with E-state index in [1.54, 1.807) is 25.3 Å². The fourth-order valence-electron chi connectivity index (χ4n) is 4.34. The quantitative estimate of drug-likeness (QED) is 0.540. The van der Waals surface area contributed by atoms with Gasteiger partial charge in [0, 0.05) is 30.1 Å². The van der Waals surface area contributed by atoms with Gasteiger partial charge in [-0.2, -0.15) is 9.29 Å². The molecule has 2 aliphatic rings. The van der Waals surface area contributed by atoms with Crippen LogP contribution in [0.15, 0.2) is 33.8 Å². The molecule has 1 N–H and O–H groups in total. The molecule has 1 aliphatic carbocycles. The molecular formula is C23H27N5O4S2. The van der Waals surface area contributed by atoms with Gasteiger partial charge in [-0.1, -0.05) is 17.6 Å². The van der Waals surface area contributed by atoms with E-state index in [0.717, 1.165) is 18.4 Å². The summed E-state index contributed by atoms with van der Waals surface area (Å²) < 4.78 is 33.9. The number of aryl methyl sites for hydroxylation is 2. The third-order valence-corrected chi connectivity index (χ3v) is 9.78. The highest BCUT2D eigenvalue weighted by Crippen LogP contribution is 2.38. The van der Waals surface area contributed by atoms with E-state index in [0.29, 0.717) is 52.6 Å². The molecule has 11 heteroatoms. The van der Waals surface area contributed by atoms with E-state index in [1.807, 2.05) is 13.0 Å². The Balaban J connectivity index is 1.32. The molecule has 34 heavy (non-hydrogen) atoms. The van der Waals surface area contributed by atoms with Crippen molar-refractivity contribution in [1.29, 1.82) is 0 Å². The number of aromatic nitrogens is 3. The molecular weight excluding hydrogens is 474 g/mol. The van der Waals surface area contributed by atoms with Crippen LogP contribution >= 0.6 is 11.3 Å². The summed E-state index contributed by atoms with van der Waals surface area (Å²) in [6.07, 6.45) is 6.13. The van der Waals surface area contributed by atoms with E-state index >= 15 is 0 Å². The van der Waals surface area contributed by atoms with Gasteiger partial charge in [-0.3, -0.25) is 4.79 Å². The Labute approximate surface area is 202 Å². The van der Waals surface area contributed by atoms with E-state index in [-0.39, 0.29) is 17.3 Å². The van der Waals surface area contributed by atoms with E-state index < -0.39 is 15.9 Å². The molecule has 4 heterocycles. The molecule has 180 valence electrons. The fraction of sp³-hybridized carbons (Fsp3) is 0.478. The second-order valence-corrected chi connectivity index (χ2v) is 12.1. The molecule has 2 fully saturated rings. The average Bonchev–Trinajstić information content (AvgIpc) is 3.41. The molecule has 3 aromatic heterocycles. The van der Waals surface area contributed by atoms with E-state index in [1.165, 1.54) is 22.1 Å². The number of thiophene rings is 1. The molecule has 3 aromatic rings. The predicted molar refractivity (Wildman–Crippen MR) is 128 cm³/mol. The lowest BCUT2D eigenvalue weighted by Gasteiger charge is -2.31. The maximum atomic E-state index is 13.5. The van der Waals surface area contributed by atoms with Crippen LogP contribution in [0.3, 0.4) is 0 Å². The van der Waals surface area contributed by atoms with Crippen LogP contribution in [-0.2, 0) is 14.8 Å². The normalized spacial score (nSPS) is 19.6. The molecule has 5 rings (SSSR count). The molecule has 0 aromatic carbocycles. The van der Waals surface area contributed by atoms with Crippen LogP contribution in [0, 0.1) is 19.8 Å². The molecule has 0 radical (unpaired) electrons. The molecule has 0 unspecified atom stereocenters. The lowest BCUT2D eigenvalue weighted by Crippen LogP contribution is -2.43.